The second-order valence-corrected chi connectivity index (χ2v) is 12.2. The number of sulfonamides is 1. The molecule has 3 rings (SSSR count). The third-order valence-corrected chi connectivity index (χ3v) is 7.72. The third-order valence-electron chi connectivity index (χ3n) is 5.93. The number of halogens is 3. The predicted octanol–water partition coefficient (Wildman–Crippen LogP) is 5.23. The summed E-state index contributed by atoms with van der Waals surface area (Å²) in [5.74, 6) is -1.23. The lowest BCUT2D eigenvalue weighted by atomic mass is 10.1. The monoisotopic (exact) mass is 575 g/mol. The molecule has 7 nitrogen and oxygen atoms in total. The molecule has 0 spiro atoms. The van der Waals surface area contributed by atoms with Crippen LogP contribution in [-0.2, 0) is 32.3 Å². The fraction of sp³-hybridized carbons (Fsp3) is 0.310. The summed E-state index contributed by atoms with van der Waals surface area (Å²) < 4.78 is 68.6. The van der Waals surface area contributed by atoms with E-state index in [1.165, 1.54) is 42.2 Å². The van der Waals surface area contributed by atoms with Gasteiger partial charge in [-0.25, -0.2) is 8.42 Å². The molecule has 0 saturated carbocycles. The molecule has 1 N–H and O–H groups in total. The van der Waals surface area contributed by atoms with E-state index in [1.54, 1.807) is 57.2 Å². The first-order valence-corrected chi connectivity index (χ1v) is 13.9. The van der Waals surface area contributed by atoms with Crippen LogP contribution in [0.25, 0.3) is 0 Å². The third kappa shape index (κ3) is 7.84. The van der Waals surface area contributed by atoms with Gasteiger partial charge < -0.3 is 10.2 Å². The Hall–Kier alpha value is -3.86. The molecular formula is C29H32F3N3O4S. The van der Waals surface area contributed by atoms with E-state index in [2.05, 4.69) is 5.32 Å². The number of benzene rings is 3. The molecule has 3 aromatic rings. The lowest BCUT2D eigenvalue weighted by Gasteiger charge is -2.33. The highest BCUT2D eigenvalue weighted by molar-refractivity contribution is 7.92. The quantitative estimate of drug-likeness (QED) is 0.379. The second kappa shape index (κ2) is 12.1. The maximum absolute atomic E-state index is 13.8. The summed E-state index contributed by atoms with van der Waals surface area (Å²) in [5, 5.41) is 2.82. The first-order chi connectivity index (χ1) is 18.6. The minimum absolute atomic E-state index is 0.0276. The van der Waals surface area contributed by atoms with Crippen molar-refractivity contribution >= 4 is 27.5 Å². The summed E-state index contributed by atoms with van der Waals surface area (Å²) in [4.78, 5) is 27.9. The highest BCUT2D eigenvalue weighted by atomic mass is 32.2. The van der Waals surface area contributed by atoms with Gasteiger partial charge in [-0.15, -0.1) is 0 Å². The van der Waals surface area contributed by atoms with Gasteiger partial charge in [0.2, 0.25) is 11.8 Å². The van der Waals surface area contributed by atoms with Gasteiger partial charge in [-0.1, -0.05) is 54.6 Å². The van der Waals surface area contributed by atoms with Gasteiger partial charge in [0.15, 0.2) is 0 Å². The molecule has 0 bridgehead atoms. The molecule has 1 atom stereocenters. The fourth-order valence-corrected chi connectivity index (χ4v) is 5.35. The number of hydrogen-bond acceptors (Lipinski definition) is 4. The number of carbonyl (C=O) groups excluding carboxylic acids is 2. The Morgan fingerprint density at radius 2 is 1.45 bits per heavy atom. The van der Waals surface area contributed by atoms with Crippen LogP contribution in [0.15, 0.2) is 89.8 Å². The van der Waals surface area contributed by atoms with Gasteiger partial charge in [-0.2, -0.15) is 13.2 Å². The van der Waals surface area contributed by atoms with Crippen molar-refractivity contribution in [2.45, 2.75) is 56.9 Å². The van der Waals surface area contributed by atoms with Crippen molar-refractivity contribution in [2.24, 2.45) is 0 Å². The van der Waals surface area contributed by atoms with Gasteiger partial charge in [-0.05, 0) is 63.6 Å². The van der Waals surface area contributed by atoms with Crippen LogP contribution < -0.4 is 9.62 Å². The number of anilines is 1. The standard InChI is InChI=1S/C29H32F3N3O4S/c1-21(27(37)33-28(2,3)4)34(19-22-12-7-5-8-13-22)26(36)20-35(40(38,39)25-16-9-6-10-17-25)24-15-11-14-23(18-24)29(30,31)32/h5-18,21H,19-20H2,1-4H3,(H,33,37)/t21-/m1/s1. The fourth-order valence-electron chi connectivity index (χ4n) is 3.92. The molecule has 0 unspecified atom stereocenters. The first kappa shape index (κ1) is 30.7. The zero-order chi connectivity index (χ0) is 29.7. The van der Waals surface area contributed by atoms with E-state index in [4.69, 9.17) is 0 Å². The van der Waals surface area contributed by atoms with Gasteiger partial charge >= 0.3 is 6.18 Å². The molecule has 2 amide bonds. The number of rotatable bonds is 9. The molecule has 3 aromatic carbocycles. The molecule has 0 radical (unpaired) electrons. The van der Waals surface area contributed by atoms with Crippen LogP contribution in [-0.4, -0.2) is 43.3 Å². The molecule has 0 aromatic heterocycles. The topological polar surface area (TPSA) is 86.8 Å². The van der Waals surface area contributed by atoms with Crippen LogP contribution in [0.2, 0.25) is 0 Å². The Morgan fingerprint density at radius 3 is 2.00 bits per heavy atom. The van der Waals surface area contributed by atoms with Crippen LogP contribution in [0.3, 0.4) is 0 Å². The van der Waals surface area contributed by atoms with Crippen LogP contribution in [0.4, 0.5) is 18.9 Å². The summed E-state index contributed by atoms with van der Waals surface area (Å²) in [7, 11) is -4.47. The van der Waals surface area contributed by atoms with Crippen molar-refractivity contribution in [1.82, 2.24) is 10.2 Å². The van der Waals surface area contributed by atoms with Crippen molar-refractivity contribution in [1.29, 1.82) is 0 Å². The number of carbonyl (C=O) groups is 2. The number of nitrogens with one attached hydrogen (secondary N) is 1. The van der Waals surface area contributed by atoms with Crippen LogP contribution >= 0.6 is 0 Å². The molecule has 0 aliphatic carbocycles. The molecule has 0 aliphatic rings. The van der Waals surface area contributed by atoms with E-state index in [1.807, 2.05) is 0 Å². The lowest BCUT2D eigenvalue weighted by Crippen LogP contribution is -2.54. The molecular weight excluding hydrogens is 543 g/mol. The van der Waals surface area contributed by atoms with Crippen molar-refractivity contribution in [3.63, 3.8) is 0 Å². The number of hydrogen-bond donors (Lipinski definition) is 1. The van der Waals surface area contributed by atoms with E-state index >= 15 is 0 Å². The molecule has 0 aliphatic heterocycles. The lowest BCUT2D eigenvalue weighted by molar-refractivity contribution is -0.140. The largest absolute Gasteiger partial charge is 0.416 e. The number of alkyl halides is 3. The van der Waals surface area contributed by atoms with Gasteiger partial charge in [0.1, 0.15) is 12.6 Å². The van der Waals surface area contributed by atoms with Gasteiger partial charge in [0.25, 0.3) is 10.0 Å². The van der Waals surface area contributed by atoms with E-state index in [9.17, 15) is 31.2 Å². The van der Waals surface area contributed by atoms with Crippen molar-refractivity contribution in [3.05, 3.63) is 96.1 Å². The normalized spacial score (nSPS) is 12.9. The van der Waals surface area contributed by atoms with Crippen molar-refractivity contribution < 1.29 is 31.2 Å². The molecule has 0 fully saturated rings. The predicted molar refractivity (Wildman–Crippen MR) is 147 cm³/mol. The second-order valence-electron chi connectivity index (χ2n) is 10.3. The molecule has 214 valence electrons. The van der Waals surface area contributed by atoms with E-state index < -0.39 is 51.7 Å². The Morgan fingerprint density at radius 1 is 0.875 bits per heavy atom. The Bertz CT molecular complexity index is 1420. The van der Waals surface area contributed by atoms with Gasteiger partial charge in [-0.3, -0.25) is 13.9 Å². The highest BCUT2D eigenvalue weighted by Crippen LogP contribution is 2.33. The Kier molecular flexibility index (Phi) is 9.29. The summed E-state index contributed by atoms with van der Waals surface area (Å²) in [6.45, 7) is 6.00. The van der Waals surface area contributed by atoms with Gasteiger partial charge in [0.05, 0.1) is 16.1 Å². The average molecular weight is 576 g/mol. The molecule has 11 heteroatoms. The van der Waals surface area contributed by atoms with Crippen LogP contribution in [0, 0.1) is 0 Å². The smallest absolute Gasteiger partial charge is 0.350 e. The summed E-state index contributed by atoms with van der Waals surface area (Å²) in [6, 6.07) is 18.7. The van der Waals surface area contributed by atoms with E-state index in [-0.39, 0.29) is 17.1 Å². The van der Waals surface area contributed by atoms with Crippen LogP contribution in [0.5, 0.6) is 0 Å². The van der Waals surface area contributed by atoms with Crippen molar-refractivity contribution in [2.75, 3.05) is 10.8 Å². The summed E-state index contributed by atoms with van der Waals surface area (Å²) >= 11 is 0. The van der Waals surface area contributed by atoms with E-state index in [0.29, 0.717) is 15.9 Å². The molecule has 0 heterocycles. The van der Waals surface area contributed by atoms with E-state index in [0.717, 1.165) is 12.1 Å². The summed E-state index contributed by atoms with van der Waals surface area (Å²) in [5.41, 5.74) is -1.32. The van der Waals surface area contributed by atoms with Crippen molar-refractivity contribution in [3.8, 4) is 0 Å². The first-order valence-electron chi connectivity index (χ1n) is 12.5. The average Bonchev–Trinajstić information content (AvgIpc) is 2.89. The Labute approximate surface area is 232 Å². The molecule has 40 heavy (non-hydrogen) atoms. The maximum Gasteiger partial charge on any atom is 0.416 e. The SMILES string of the molecule is C[C@H](C(=O)NC(C)(C)C)N(Cc1ccccc1)C(=O)CN(c1cccc(C(F)(F)F)c1)S(=O)(=O)c1ccccc1. The zero-order valence-corrected chi connectivity index (χ0v) is 23.5. The minimum Gasteiger partial charge on any atom is -0.350 e. The van der Waals surface area contributed by atoms with Crippen LogP contribution in [0.1, 0.15) is 38.8 Å². The summed E-state index contributed by atoms with van der Waals surface area (Å²) in [6.07, 6.45) is -4.74. The Balaban J connectivity index is 2.07. The number of amides is 2. The minimum atomic E-state index is -4.74. The highest BCUT2D eigenvalue weighted by Gasteiger charge is 2.35. The molecule has 0 saturated heterocycles. The zero-order valence-electron chi connectivity index (χ0n) is 22.6. The maximum atomic E-state index is 13.8. The van der Waals surface area contributed by atoms with Gasteiger partial charge in [0, 0.05) is 12.1 Å². The number of nitrogens with zero attached hydrogens (tertiary/aromatic N) is 2.